The lowest BCUT2D eigenvalue weighted by molar-refractivity contribution is -0.125. The van der Waals surface area contributed by atoms with Crippen molar-refractivity contribution in [3.63, 3.8) is 0 Å². The molecule has 0 bridgehead atoms. The van der Waals surface area contributed by atoms with E-state index in [1.165, 1.54) is 11.6 Å². The second kappa shape index (κ2) is 8.79. The maximum Gasteiger partial charge on any atom is 0.408 e. The Morgan fingerprint density at radius 3 is 2.62 bits per heavy atom. The van der Waals surface area contributed by atoms with E-state index in [2.05, 4.69) is 11.9 Å². The first-order valence-corrected chi connectivity index (χ1v) is 6.98. The summed E-state index contributed by atoms with van der Waals surface area (Å²) in [4.78, 5) is 24.0. The smallest absolute Gasteiger partial charge is 0.408 e. The quantitative estimate of drug-likeness (QED) is 0.570. The Morgan fingerprint density at radius 2 is 2.05 bits per heavy atom. The lowest BCUT2D eigenvalue weighted by Crippen LogP contribution is -2.47. The summed E-state index contributed by atoms with van der Waals surface area (Å²) in [6.07, 6.45) is 2.04. The molecule has 0 saturated carbocycles. The highest BCUT2D eigenvalue weighted by atomic mass is 16.4. The van der Waals surface area contributed by atoms with E-state index in [0.717, 1.165) is 17.7 Å². The average Bonchev–Trinajstić information content (AvgIpc) is 2.49. The maximum absolute atomic E-state index is 11.9. The Morgan fingerprint density at radius 1 is 1.38 bits per heavy atom. The number of amides is 2. The minimum Gasteiger partial charge on any atom is -0.465 e. The summed E-state index contributed by atoms with van der Waals surface area (Å²) >= 11 is 0. The Bertz CT molecular complexity index is 474. The second-order valence-corrected chi connectivity index (χ2v) is 4.78. The number of carboxylic acid groups (broad SMARTS) is 1. The van der Waals surface area contributed by atoms with Crippen molar-refractivity contribution in [3.05, 3.63) is 48.6 Å². The molecule has 0 heterocycles. The van der Waals surface area contributed by atoms with Crippen LogP contribution in [-0.4, -0.2) is 41.1 Å². The molecule has 0 aliphatic heterocycles. The molecule has 1 unspecified atom stereocenters. The number of nitrogens with one attached hydrogen (secondary N) is 1. The van der Waals surface area contributed by atoms with Crippen molar-refractivity contribution in [2.75, 3.05) is 13.1 Å². The van der Waals surface area contributed by atoms with E-state index in [-0.39, 0.29) is 12.5 Å². The highest BCUT2D eigenvalue weighted by molar-refractivity contribution is 5.84. The van der Waals surface area contributed by atoms with Gasteiger partial charge in [-0.25, -0.2) is 4.79 Å². The van der Waals surface area contributed by atoms with E-state index in [1.807, 2.05) is 30.3 Å². The van der Waals surface area contributed by atoms with Gasteiger partial charge in [-0.2, -0.15) is 0 Å². The number of hydrogen-bond donors (Lipinski definition) is 2. The van der Waals surface area contributed by atoms with E-state index in [9.17, 15) is 9.59 Å². The van der Waals surface area contributed by atoms with Crippen molar-refractivity contribution in [3.8, 4) is 0 Å². The van der Waals surface area contributed by atoms with Crippen LogP contribution in [0.5, 0.6) is 0 Å². The standard InChI is InChI=1S/C16H22N2O3/c1-3-12-18(16(20)21)13(2)15(19)17-11-7-10-14-8-5-4-6-9-14/h3-6,8-9,13H,1,7,10-12H2,2H3,(H,17,19)(H,20,21). The predicted molar refractivity (Wildman–Crippen MR) is 82.2 cm³/mol. The molecule has 0 fully saturated rings. The summed E-state index contributed by atoms with van der Waals surface area (Å²) in [6.45, 7) is 5.73. The Kier molecular flexibility index (Phi) is 7.01. The van der Waals surface area contributed by atoms with Crippen LogP contribution in [0, 0.1) is 0 Å². The lowest BCUT2D eigenvalue weighted by Gasteiger charge is -2.24. The fourth-order valence-corrected chi connectivity index (χ4v) is 1.98. The van der Waals surface area contributed by atoms with Gasteiger partial charge in [-0.3, -0.25) is 9.69 Å². The fourth-order valence-electron chi connectivity index (χ4n) is 1.98. The molecule has 0 aliphatic rings. The molecular weight excluding hydrogens is 268 g/mol. The third kappa shape index (κ3) is 5.69. The van der Waals surface area contributed by atoms with Gasteiger partial charge in [0.1, 0.15) is 6.04 Å². The number of rotatable bonds is 8. The number of aryl methyl sites for hydroxylation is 1. The number of hydrogen-bond acceptors (Lipinski definition) is 2. The highest BCUT2D eigenvalue weighted by Crippen LogP contribution is 2.03. The molecule has 1 atom stereocenters. The van der Waals surface area contributed by atoms with Crippen LogP contribution in [-0.2, 0) is 11.2 Å². The van der Waals surface area contributed by atoms with Gasteiger partial charge >= 0.3 is 6.09 Å². The zero-order valence-corrected chi connectivity index (χ0v) is 12.3. The molecule has 5 nitrogen and oxygen atoms in total. The number of nitrogens with zero attached hydrogens (tertiary/aromatic N) is 1. The van der Waals surface area contributed by atoms with Crippen molar-refractivity contribution in [1.29, 1.82) is 0 Å². The molecule has 0 aromatic heterocycles. The number of carbonyl (C=O) groups is 2. The van der Waals surface area contributed by atoms with Gasteiger partial charge in [0.2, 0.25) is 5.91 Å². The minimum absolute atomic E-state index is 0.133. The zero-order valence-electron chi connectivity index (χ0n) is 12.3. The maximum atomic E-state index is 11.9. The second-order valence-electron chi connectivity index (χ2n) is 4.78. The van der Waals surface area contributed by atoms with Gasteiger partial charge in [0.05, 0.1) is 0 Å². The van der Waals surface area contributed by atoms with E-state index in [0.29, 0.717) is 6.54 Å². The minimum atomic E-state index is -1.12. The third-order valence-electron chi connectivity index (χ3n) is 3.20. The number of carbonyl (C=O) groups excluding carboxylic acids is 1. The first-order chi connectivity index (χ1) is 10.1. The van der Waals surface area contributed by atoms with Gasteiger partial charge in [0, 0.05) is 13.1 Å². The molecule has 0 spiro atoms. The molecule has 2 amide bonds. The topological polar surface area (TPSA) is 69.6 Å². The molecule has 1 aromatic carbocycles. The zero-order chi connectivity index (χ0) is 15.7. The first-order valence-electron chi connectivity index (χ1n) is 6.98. The molecule has 0 saturated heterocycles. The van der Waals surface area contributed by atoms with Crippen LogP contribution in [0.3, 0.4) is 0 Å². The molecule has 2 N–H and O–H groups in total. The Labute approximate surface area is 125 Å². The van der Waals surface area contributed by atoms with Crippen LogP contribution in [0.4, 0.5) is 4.79 Å². The van der Waals surface area contributed by atoms with Gasteiger partial charge in [-0.15, -0.1) is 6.58 Å². The van der Waals surface area contributed by atoms with Crippen LogP contribution in [0.1, 0.15) is 18.9 Å². The van der Waals surface area contributed by atoms with Crippen LogP contribution in [0.15, 0.2) is 43.0 Å². The molecule has 1 rings (SSSR count). The van der Waals surface area contributed by atoms with Gasteiger partial charge in [-0.05, 0) is 25.3 Å². The van der Waals surface area contributed by atoms with Crippen LogP contribution in [0.2, 0.25) is 0 Å². The molecule has 1 aromatic rings. The monoisotopic (exact) mass is 290 g/mol. The van der Waals surface area contributed by atoms with Crippen LogP contribution in [0.25, 0.3) is 0 Å². The van der Waals surface area contributed by atoms with Crippen molar-refractivity contribution in [2.24, 2.45) is 0 Å². The summed E-state index contributed by atoms with van der Waals surface area (Å²) < 4.78 is 0. The van der Waals surface area contributed by atoms with Crippen molar-refractivity contribution >= 4 is 12.0 Å². The fraction of sp³-hybridized carbons (Fsp3) is 0.375. The average molecular weight is 290 g/mol. The summed E-state index contributed by atoms with van der Waals surface area (Å²) in [6, 6.07) is 9.29. The van der Waals surface area contributed by atoms with E-state index in [4.69, 9.17) is 5.11 Å². The molecule has 0 radical (unpaired) electrons. The molecule has 21 heavy (non-hydrogen) atoms. The predicted octanol–water partition coefficient (Wildman–Crippen LogP) is 2.29. The summed E-state index contributed by atoms with van der Waals surface area (Å²) in [5.74, 6) is -0.285. The van der Waals surface area contributed by atoms with Crippen LogP contribution >= 0.6 is 0 Å². The lowest BCUT2D eigenvalue weighted by atomic mass is 10.1. The van der Waals surface area contributed by atoms with Crippen molar-refractivity contribution in [1.82, 2.24) is 10.2 Å². The molecule has 0 aliphatic carbocycles. The van der Waals surface area contributed by atoms with Crippen molar-refractivity contribution in [2.45, 2.75) is 25.8 Å². The van der Waals surface area contributed by atoms with E-state index in [1.54, 1.807) is 6.92 Å². The third-order valence-corrected chi connectivity index (χ3v) is 3.20. The van der Waals surface area contributed by atoms with Gasteiger partial charge in [0.25, 0.3) is 0 Å². The summed E-state index contributed by atoms with van der Waals surface area (Å²) in [5.41, 5.74) is 1.22. The Hall–Kier alpha value is -2.30. The SMILES string of the molecule is C=CCN(C(=O)O)C(C)C(=O)NCCCc1ccccc1. The summed E-state index contributed by atoms with van der Waals surface area (Å²) in [5, 5.41) is 11.8. The Balaban J connectivity index is 2.35. The number of benzene rings is 1. The molecule has 114 valence electrons. The molecule has 5 heteroatoms. The van der Waals surface area contributed by atoms with E-state index >= 15 is 0 Å². The van der Waals surface area contributed by atoms with E-state index < -0.39 is 12.1 Å². The normalized spacial score (nSPS) is 11.5. The van der Waals surface area contributed by atoms with Gasteiger partial charge < -0.3 is 10.4 Å². The van der Waals surface area contributed by atoms with Gasteiger partial charge in [0.15, 0.2) is 0 Å². The largest absolute Gasteiger partial charge is 0.465 e. The summed E-state index contributed by atoms with van der Waals surface area (Å²) in [7, 11) is 0. The molecular formula is C16H22N2O3. The van der Waals surface area contributed by atoms with Crippen molar-refractivity contribution < 1.29 is 14.7 Å². The highest BCUT2D eigenvalue weighted by Gasteiger charge is 2.23. The first kappa shape index (κ1) is 16.8. The van der Waals surface area contributed by atoms with Gasteiger partial charge in [-0.1, -0.05) is 36.4 Å². The van der Waals surface area contributed by atoms with Crippen LogP contribution < -0.4 is 5.32 Å².